The molecule has 1 aromatic heterocycles. The van der Waals surface area contributed by atoms with E-state index in [0.29, 0.717) is 16.7 Å². The van der Waals surface area contributed by atoms with Gasteiger partial charge in [0, 0.05) is 6.04 Å². The van der Waals surface area contributed by atoms with Crippen LogP contribution in [0.15, 0.2) is 53.3 Å². The van der Waals surface area contributed by atoms with Crippen molar-refractivity contribution in [3.05, 3.63) is 70.3 Å². The highest BCUT2D eigenvalue weighted by molar-refractivity contribution is 5.79. The van der Waals surface area contributed by atoms with Crippen LogP contribution in [0.4, 0.5) is 0 Å². The Morgan fingerprint density at radius 2 is 1.96 bits per heavy atom. The summed E-state index contributed by atoms with van der Waals surface area (Å²) >= 11 is 0. The summed E-state index contributed by atoms with van der Waals surface area (Å²) < 4.78 is 5.22. The number of amides is 1. The minimum Gasteiger partial charge on any atom is -0.497 e. The summed E-state index contributed by atoms with van der Waals surface area (Å²) in [4.78, 5) is 34.2. The number of H-pyrrole nitrogens is 1. The topological polar surface area (TPSA) is 75.3 Å². The number of carbonyl (C=O) groups is 1. The highest BCUT2D eigenvalue weighted by Crippen LogP contribution is 2.15. The first-order valence-corrected chi connectivity index (χ1v) is 8.88. The average Bonchev–Trinajstić information content (AvgIpc) is 2.66. The predicted molar refractivity (Wildman–Crippen MR) is 105 cm³/mol. The number of ether oxygens (including phenoxy) is 1. The molecule has 1 amide bonds. The van der Waals surface area contributed by atoms with Gasteiger partial charge in [-0.15, -0.1) is 0 Å². The second kappa shape index (κ2) is 8.03. The predicted octanol–water partition coefficient (Wildman–Crippen LogP) is 2.91. The van der Waals surface area contributed by atoms with Crippen molar-refractivity contribution in [1.29, 1.82) is 0 Å². The number of fused-ring (bicyclic) bond motifs is 1. The molecule has 0 unspecified atom stereocenters. The molecule has 3 aromatic rings. The second-order valence-electron chi connectivity index (χ2n) is 6.67. The Morgan fingerprint density at radius 3 is 2.70 bits per heavy atom. The number of aromatic amines is 1. The molecule has 0 fully saturated rings. The fourth-order valence-corrected chi connectivity index (χ4v) is 2.99. The molecule has 2 aromatic carbocycles. The van der Waals surface area contributed by atoms with Crippen LogP contribution in [0, 0.1) is 0 Å². The number of hydrogen-bond acceptors (Lipinski definition) is 4. The van der Waals surface area contributed by atoms with Gasteiger partial charge in [-0.3, -0.25) is 9.59 Å². The van der Waals surface area contributed by atoms with Crippen LogP contribution in [0.3, 0.4) is 0 Å². The summed E-state index contributed by atoms with van der Waals surface area (Å²) in [5.41, 5.74) is 1.31. The van der Waals surface area contributed by atoms with Gasteiger partial charge in [0.1, 0.15) is 11.6 Å². The molecule has 0 aliphatic rings. The van der Waals surface area contributed by atoms with Gasteiger partial charge in [-0.05, 0) is 43.7 Å². The van der Waals surface area contributed by atoms with E-state index in [4.69, 9.17) is 4.74 Å². The minimum atomic E-state index is -0.195. The van der Waals surface area contributed by atoms with E-state index in [1.807, 2.05) is 44.2 Å². The van der Waals surface area contributed by atoms with Gasteiger partial charge in [-0.1, -0.05) is 24.3 Å². The van der Waals surface area contributed by atoms with Crippen LogP contribution in [-0.4, -0.2) is 33.9 Å². The van der Waals surface area contributed by atoms with Crippen molar-refractivity contribution in [3.8, 4) is 5.75 Å². The normalized spacial score (nSPS) is 11.0. The van der Waals surface area contributed by atoms with Crippen LogP contribution in [0.25, 0.3) is 10.9 Å². The molecule has 6 heteroatoms. The zero-order valence-corrected chi connectivity index (χ0v) is 15.7. The molecule has 0 bridgehead atoms. The van der Waals surface area contributed by atoms with Crippen molar-refractivity contribution in [2.45, 2.75) is 32.9 Å². The van der Waals surface area contributed by atoms with Gasteiger partial charge in [0.05, 0.1) is 31.0 Å². The first kappa shape index (κ1) is 18.6. The number of nitrogens with one attached hydrogen (secondary N) is 1. The summed E-state index contributed by atoms with van der Waals surface area (Å²) in [5.74, 6) is 1.16. The first-order chi connectivity index (χ1) is 13.0. The molecular formula is C21H23N3O3. The Kier molecular flexibility index (Phi) is 5.54. The van der Waals surface area contributed by atoms with Crippen LogP contribution < -0.4 is 10.3 Å². The number of nitrogens with zero attached hydrogens (tertiary/aromatic N) is 2. The smallest absolute Gasteiger partial charge is 0.258 e. The quantitative estimate of drug-likeness (QED) is 0.729. The van der Waals surface area contributed by atoms with E-state index in [1.165, 1.54) is 0 Å². The van der Waals surface area contributed by atoms with Crippen molar-refractivity contribution in [3.63, 3.8) is 0 Å². The Hall–Kier alpha value is -3.15. The van der Waals surface area contributed by atoms with E-state index in [2.05, 4.69) is 9.97 Å². The third kappa shape index (κ3) is 4.34. The van der Waals surface area contributed by atoms with E-state index < -0.39 is 0 Å². The van der Waals surface area contributed by atoms with E-state index in [0.717, 1.165) is 11.3 Å². The lowest BCUT2D eigenvalue weighted by Gasteiger charge is -2.26. The third-order valence-electron chi connectivity index (χ3n) is 4.42. The summed E-state index contributed by atoms with van der Waals surface area (Å²) in [7, 11) is 1.60. The van der Waals surface area contributed by atoms with Gasteiger partial charge in [0.2, 0.25) is 5.91 Å². The number of rotatable bonds is 6. The second-order valence-corrected chi connectivity index (χ2v) is 6.67. The van der Waals surface area contributed by atoms with Crippen LogP contribution in [0.2, 0.25) is 0 Å². The van der Waals surface area contributed by atoms with Gasteiger partial charge >= 0.3 is 0 Å². The van der Waals surface area contributed by atoms with Crippen molar-refractivity contribution in [2.24, 2.45) is 0 Å². The van der Waals surface area contributed by atoms with Crippen molar-refractivity contribution < 1.29 is 9.53 Å². The van der Waals surface area contributed by atoms with Crippen LogP contribution in [0.1, 0.15) is 25.2 Å². The highest BCUT2D eigenvalue weighted by Gasteiger charge is 2.19. The van der Waals surface area contributed by atoms with Crippen LogP contribution in [-0.2, 0) is 17.8 Å². The van der Waals surface area contributed by atoms with E-state index >= 15 is 0 Å². The number of hydrogen-bond donors (Lipinski definition) is 1. The standard InChI is InChI=1S/C21H23N3O3/c1-14(2)24(20(25)12-15-7-6-8-16(11-15)27-3)13-19-22-18-10-5-4-9-17(18)21(26)23-19/h4-11,14H,12-13H2,1-3H3,(H,22,23,26). The maximum atomic E-state index is 12.9. The summed E-state index contributed by atoms with van der Waals surface area (Å²) in [5, 5.41) is 0.542. The number of para-hydroxylation sites is 1. The molecule has 140 valence electrons. The molecule has 3 rings (SSSR count). The average molecular weight is 365 g/mol. The maximum Gasteiger partial charge on any atom is 0.258 e. The number of aromatic nitrogens is 2. The molecule has 0 aliphatic carbocycles. The van der Waals surface area contributed by atoms with Crippen molar-refractivity contribution >= 4 is 16.8 Å². The largest absolute Gasteiger partial charge is 0.497 e. The third-order valence-corrected chi connectivity index (χ3v) is 4.42. The number of methoxy groups -OCH3 is 1. The van der Waals surface area contributed by atoms with E-state index in [1.54, 1.807) is 30.2 Å². The molecule has 0 saturated carbocycles. The molecule has 0 radical (unpaired) electrons. The molecule has 1 heterocycles. The molecule has 1 N–H and O–H groups in total. The Morgan fingerprint density at radius 1 is 1.19 bits per heavy atom. The summed E-state index contributed by atoms with van der Waals surface area (Å²) in [6.45, 7) is 4.14. The fraction of sp³-hybridized carbons (Fsp3) is 0.286. The monoisotopic (exact) mass is 365 g/mol. The molecule has 0 atom stereocenters. The Labute approximate surface area is 157 Å². The molecule has 27 heavy (non-hydrogen) atoms. The SMILES string of the molecule is COc1cccc(CC(=O)N(Cc2nc3ccccc3c(=O)[nH]2)C(C)C)c1. The van der Waals surface area contributed by atoms with Gasteiger partial charge in [-0.2, -0.15) is 0 Å². The minimum absolute atomic E-state index is 0.0279. The van der Waals surface area contributed by atoms with Crippen LogP contribution in [0.5, 0.6) is 5.75 Å². The molecule has 0 spiro atoms. The fourth-order valence-electron chi connectivity index (χ4n) is 2.99. The van der Waals surface area contributed by atoms with Crippen LogP contribution >= 0.6 is 0 Å². The number of carbonyl (C=O) groups excluding carboxylic acids is 1. The Balaban J connectivity index is 1.83. The number of benzene rings is 2. The van der Waals surface area contributed by atoms with Gasteiger partial charge in [0.15, 0.2) is 0 Å². The van der Waals surface area contributed by atoms with Gasteiger partial charge in [0.25, 0.3) is 5.56 Å². The van der Waals surface area contributed by atoms with E-state index in [9.17, 15) is 9.59 Å². The van der Waals surface area contributed by atoms with Crippen molar-refractivity contribution in [2.75, 3.05) is 7.11 Å². The zero-order valence-electron chi connectivity index (χ0n) is 15.7. The molecule has 6 nitrogen and oxygen atoms in total. The zero-order chi connectivity index (χ0) is 19.4. The first-order valence-electron chi connectivity index (χ1n) is 8.88. The molecule has 0 aliphatic heterocycles. The van der Waals surface area contributed by atoms with E-state index in [-0.39, 0.29) is 30.5 Å². The van der Waals surface area contributed by atoms with Crippen molar-refractivity contribution in [1.82, 2.24) is 14.9 Å². The Bertz CT molecular complexity index is 1010. The molecule has 0 saturated heterocycles. The molecular weight excluding hydrogens is 342 g/mol. The maximum absolute atomic E-state index is 12.9. The summed E-state index contributed by atoms with van der Waals surface area (Å²) in [6.07, 6.45) is 0.257. The highest BCUT2D eigenvalue weighted by atomic mass is 16.5. The lowest BCUT2D eigenvalue weighted by atomic mass is 10.1. The van der Waals surface area contributed by atoms with Gasteiger partial charge in [-0.25, -0.2) is 4.98 Å². The van der Waals surface area contributed by atoms with Gasteiger partial charge < -0.3 is 14.6 Å². The lowest BCUT2D eigenvalue weighted by molar-refractivity contribution is -0.132. The summed E-state index contributed by atoms with van der Waals surface area (Å²) in [6, 6.07) is 14.6. The lowest BCUT2D eigenvalue weighted by Crippen LogP contribution is -2.38.